The molecule has 1 rings (SSSR count). The Morgan fingerprint density at radius 3 is 2.60 bits per heavy atom. The average Bonchev–Trinajstić information content (AvgIpc) is 2.26. The number of aromatic hydroxyl groups is 1. The Bertz CT molecular complexity index is 434. The van der Waals surface area contributed by atoms with Gasteiger partial charge in [-0.15, -0.1) is 0 Å². The highest BCUT2D eigenvalue weighted by atomic mass is 16.5. The molecule has 5 nitrogen and oxygen atoms in total. The van der Waals surface area contributed by atoms with Crippen molar-refractivity contribution in [2.45, 2.75) is 0 Å². The molecule has 5 heteroatoms. The van der Waals surface area contributed by atoms with Gasteiger partial charge >= 0.3 is 5.97 Å². The van der Waals surface area contributed by atoms with Crippen LogP contribution in [0.2, 0.25) is 0 Å². The number of ether oxygens (including phenoxy) is 2. The van der Waals surface area contributed by atoms with Gasteiger partial charge in [-0.1, -0.05) is 0 Å². The number of rotatable bonds is 2. The fraction of sp³-hybridized carbons (Fsp3) is 0.200. The van der Waals surface area contributed by atoms with Crippen molar-refractivity contribution >= 4 is 5.97 Å². The minimum absolute atomic E-state index is 0.0168. The molecule has 0 fully saturated rings. The van der Waals surface area contributed by atoms with Crippen LogP contribution in [0.1, 0.15) is 15.9 Å². The highest BCUT2D eigenvalue weighted by Gasteiger charge is 2.17. The zero-order valence-corrected chi connectivity index (χ0v) is 8.27. The molecule has 0 unspecified atom stereocenters. The number of carbonyl (C=O) groups excluding carboxylic acids is 1. The summed E-state index contributed by atoms with van der Waals surface area (Å²) >= 11 is 0. The minimum atomic E-state index is -0.694. The van der Waals surface area contributed by atoms with E-state index in [1.54, 1.807) is 0 Å². The smallest absolute Gasteiger partial charge is 0.339 e. The average molecular weight is 207 g/mol. The number of methoxy groups -OCH3 is 2. The van der Waals surface area contributed by atoms with Gasteiger partial charge in [0.1, 0.15) is 23.1 Å². The van der Waals surface area contributed by atoms with Crippen molar-refractivity contribution in [2.75, 3.05) is 14.2 Å². The molecule has 1 aromatic carbocycles. The number of benzene rings is 1. The molecule has 0 aliphatic carbocycles. The second-order valence-corrected chi connectivity index (χ2v) is 2.67. The first-order chi connectivity index (χ1) is 7.13. The Hall–Kier alpha value is -2.22. The topological polar surface area (TPSA) is 79.6 Å². The molecule has 0 spiro atoms. The third-order valence-electron chi connectivity index (χ3n) is 1.82. The lowest BCUT2D eigenvalue weighted by atomic mass is 10.1. The summed E-state index contributed by atoms with van der Waals surface area (Å²) in [5, 5.41) is 18.1. The monoisotopic (exact) mass is 207 g/mol. The summed E-state index contributed by atoms with van der Waals surface area (Å²) in [6.07, 6.45) is 0. The molecule has 0 amide bonds. The molecule has 0 heterocycles. The summed E-state index contributed by atoms with van der Waals surface area (Å²) < 4.78 is 9.34. The van der Waals surface area contributed by atoms with Crippen molar-refractivity contribution < 1.29 is 19.4 Å². The lowest BCUT2D eigenvalue weighted by Crippen LogP contribution is -2.05. The number of nitrogens with zero attached hydrogens (tertiary/aromatic N) is 1. The van der Waals surface area contributed by atoms with Gasteiger partial charge in [0.25, 0.3) is 0 Å². The Morgan fingerprint density at radius 2 is 2.13 bits per heavy atom. The maximum Gasteiger partial charge on any atom is 0.339 e. The molecule has 0 radical (unpaired) electrons. The zero-order valence-electron chi connectivity index (χ0n) is 8.27. The van der Waals surface area contributed by atoms with E-state index in [-0.39, 0.29) is 22.6 Å². The molecule has 0 aliphatic heterocycles. The molecule has 0 aliphatic rings. The lowest BCUT2D eigenvalue weighted by Gasteiger charge is -2.07. The molecule has 15 heavy (non-hydrogen) atoms. The summed E-state index contributed by atoms with van der Waals surface area (Å²) in [7, 11) is 2.54. The number of phenols is 1. The zero-order chi connectivity index (χ0) is 11.4. The number of carbonyl (C=O) groups is 1. The minimum Gasteiger partial charge on any atom is -0.508 e. The first kappa shape index (κ1) is 10.9. The maximum atomic E-state index is 11.3. The molecular formula is C10H9NO4. The maximum absolute atomic E-state index is 11.3. The fourth-order valence-corrected chi connectivity index (χ4v) is 1.15. The van der Waals surface area contributed by atoms with Gasteiger partial charge in [0.05, 0.1) is 19.8 Å². The van der Waals surface area contributed by atoms with Crippen LogP contribution < -0.4 is 4.74 Å². The number of phenolic OH excluding ortho intramolecular Hbond substituents is 1. The Labute approximate surface area is 86.5 Å². The van der Waals surface area contributed by atoms with Gasteiger partial charge in [-0.3, -0.25) is 0 Å². The second kappa shape index (κ2) is 4.33. The SMILES string of the molecule is COC(=O)c1cc(O)cc(OC)c1C#N. The molecule has 0 saturated carbocycles. The lowest BCUT2D eigenvalue weighted by molar-refractivity contribution is 0.0599. The fourth-order valence-electron chi connectivity index (χ4n) is 1.15. The van der Waals surface area contributed by atoms with Crippen molar-refractivity contribution in [1.82, 2.24) is 0 Å². The van der Waals surface area contributed by atoms with Crippen LogP contribution in [-0.2, 0) is 4.74 Å². The Morgan fingerprint density at radius 1 is 1.47 bits per heavy atom. The summed E-state index contributed by atoms with van der Waals surface area (Å²) in [5.74, 6) is -0.718. The van der Waals surface area contributed by atoms with Crippen LogP contribution in [0, 0.1) is 11.3 Å². The van der Waals surface area contributed by atoms with Gasteiger partial charge in [0.15, 0.2) is 0 Å². The molecule has 1 N–H and O–H groups in total. The molecule has 1 aromatic rings. The standard InChI is InChI=1S/C10H9NO4/c1-14-9-4-6(12)3-7(8(9)5-11)10(13)15-2/h3-4,12H,1-2H3. The van der Waals surface area contributed by atoms with E-state index >= 15 is 0 Å². The molecule has 0 bridgehead atoms. The molecule has 0 aromatic heterocycles. The van der Waals surface area contributed by atoms with Crippen molar-refractivity contribution in [1.29, 1.82) is 5.26 Å². The van der Waals surface area contributed by atoms with Crippen LogP contribution in [-0.4, -0.2) is 25.3 Å². The Balaban J connectivity index is 3.43. The summed E-state index contributed by atoms with van der Waals surface area (Å²) in [5.41, 5.74) is 0.0269. The summed E-state index contributed by atoms with van der Waals surface area (Å²) in [6.45, 7) is 0. The van der Waals surface area contributed by atoms with Gasteiger partial charge in [0, 0.05) is 6.07 Å². The van der Waals surface area contributed by atoms with Crippen LogP contribution >= 0.6 is 0 Å². The molecular weight excluding hydrogens is 198 g/mol. The van der Waals surface area contributed by atoms with Crippen molar-refractivity contribution in [3.05, 3.63) is 23.3 Å². The van der Waals surface area contributed by atoms with Crippen LogP contribution in [0.4, 0.5) is 0 Å². The molecule has 0 atom stereocenters. The van der Waals surface area contributed by atoms with E-state index in [1.165, 1.54) is 20.3 Å². The van der Waals surface area contributed by atoms with E-state index in [4.69, 9.17) is 10.00 Å². The third kappa shape index (κ3) is 1.99. The summed E-state index contributed by atoms with van der Waals surface area (Å²) in [6, 6.07) is 4.24. The van der Waals surface area contributed by atoms with E-state index in [0.29, 0.717) is 0 Å². The second-order valence-electron chi connectivity index (χ2n) is 2.67. The van der Waals surface area contributed by atoms with E-state index in [2.05, 4.69) is 4.74 Å². The quantitative estimate of drug-likeness (QED) is 0.733. The van der Waals surface area contributed by atoms with Gasteiger partial charge in [0.2, 0.25) is 0 Å². The predicted molar refractivity (Wildman–Crippen MR) is 50.7 cm³/mol. The normalized spacial score (nSPS) is 9.13. The van der Waals surface area contributed by atoms with Gasteiger partial charge in [-0.05, 0) is 6.07 Å². The molecule has 0 saturated heterocycles. The van der Waals surface area contributed by atoms with Crippen LogP contribution in [0.25, 0.3) is 0 Å². The van der Waals surface area contributed by atoms with E-state index in [9.17, 15) is 9.90 Å². The van der Waals surface area contributed by atoms with E-state index in [0.717, 1.165) is 6.07 Å². The van der Waals surface area contributed by atoms with Crippen LogP contribution in [0.15, 0.2) is 12.1 Å². The largest absolute Gasteiger partial charge is 0.508 e. The number of nitriles is 1. The Kier molecular flexibility index (Phi) is 3.13. The molecule has 78 valence electrons. The number of hydrogen-bond acceptors (Lipinski definition) is 5. The van der Waals surface area contributed by atoms with Gasteiger partial charge in [-0.2, -0.15) is 5.26 Å². The van der Waals surface area contributed by atoms with E-state index in [1.807, 2.05) is 6.07 Å². The van der Waals surface area contributed by atoms with Crippen LogP contribution in [0.3, 0.4) is 0 Å². The first-order valence-electron chi connectivity index (χ1n) is 4.03. The highest BCUT2D eigenvalue weighted by Crippen LogP contribution is 2.27. The predicted octanol–water partition coefficient (Wildman–Crippen LogP) is 1.06. The summed E-state index contributed by atoms with van der Waals surface area (Å²) in [4.78, 5) is 11.3. The number of hydrogen-bond donors (Lipinski definition) is 1. The highest BCUT2D eigenvalue weighted by molar-refractivity contribution is 5.93. The first-order valence-corrected chi connectivity index (χ1v) is 4.03. The van der Waals surface area contributed by atoms with Crippen molar-refractivity contribution in [2.24, 2.45) is 0 Å². The van der Waals surface area contributed by atoms with Crippen molar-refractivity contribution in [3.8, 4) is 17.6 Å². The van der Waals surface area contributed by atoms with Gasteiger partial charge in [-0.25, -0.2) is 4.79 Å². The number of esters is 1. The van der Waals surface area contributed by atoms with Crippen molar-refractivity contribution in [3.63, 3.8) is 0 Å². The van der Waals surface area contributed by atoms with Crippen LogP contribution in [0.5, 0.6) is 11.5 Å². The third-order valence-corrected chi connectivity index (χ3v) is 1.82. The van der Waals surface area contributed by atoms with Gasteiger partial charge < -0.3 is 14.6 Å². The van der Waals surface area contributed by atoms with E-state index < -0.39 is 5.97 Å².